The number of hydrogen-bond donors (Lipinski definition) is 2. The van der Waals surface area contributed by atoms with Crippen LogP contribution in [0.25, 0.3) is 22.4 Å². The quantitative estimate of drug-likeness (QED) is 0.672. The van der Waals surface area contributed by atoms with E-state index >= 15 is 0 Å². The molecule has 5 heteroatoms. The van der Waals surface area contributed by atoms with E-state index in [0.717, 1.165) is 11.0 Å². The maximum atomic E-state index is 9.82. The average Bonchev–Trinajstić information content (AvgIpc) is 2.74. The van der Waals surface area contributed by atoms with Crippen molar-refractivity contribution in [2.75, 3.05) is 0 Å². The summed E-state index contributed by atoms with van der Waals surface area (Å²) < 4.78 is 0. The Kier molecular flexibility index (Phi) is 3.69. The van der Waals surface area contributed by atoms with Crippen molar-refractivity contribution in [3.63, 3.8) is 0 Å². The first-order valence-electron chi connectivity index (χ1n) is 5.27. The normalized spacial score (nSPS) is 10.4. The molecule has 98 valence electrons. The monoisotopic (exact) mass is 294 g/mol. The van der Waals surface area contributed by atoms with E-state index in [1.165, 1.54) is 6.07 Å². The molecular weight excluding hydrogens is 283 g/mol. The van der Waals surface area contributed by atoms with Gasteiger partial charge in [0, 0.05) is 10.0 Å². The summed E-state index contributed by atoms with van der Waals surface area (Å²) in [4.78, 5) is 7.50. The zero-order chi connectivity index (χ0) is 12.7. The molecule has 3 rings (SSSR count). The zero-order valence-corrected chi connectivity index (χ0v) is 10.6. The number of fused-ring (bicyclic) bond motifs is 1. The summed E-state index contributed by atoms with van der Waals surface area (Å²) in [6.45, 7) is 0. The van der Waals surface area contributed by atoms with Gasteiger partial charge in [-0.1, -0.05) is 30.6 Å². The molecule has 0 saturated carbocycles. The highest BCUT2D eigenvalue weighted by Crippen LogP contribution is 2.31. The Bertz CT molecular complexity index is 737. The minimum absolute atomic E-state index is 0. The fourth-order valence-electron chi connectivity index (χ4n) is 1.81. The number of rotatable bonds is 1. The van der Waals surface area contributed by atoms with E-state index in [2.05, 4.69) is 9.97 Å². The number of nitrogens with zero attached hydrogens (tertiary/aromatic N) is 1. The Balaban J connectivity index is 0.00000133. The number of hydrogen-bond acceptors (Lipinski definition) is 2. The van der Waals surface area contributed by atoms with E-state index < -0.39 is 0 Å². The molecular formula is C14H12Cl2N2O. The molecule has 1 heterocycles. The predicted octanol–water partition coefficient (Wildman–Crippen LogP) is 4.88. The molecule has 3 aromatic rings. The molecule has 3 nitrogen and oxygen atoms in total. The topological polar surface area (TPSA) is 48.9 Å². The molecule has 19 heavy (non-hydrogen) atoms. The number of aromatic amines is 1. The van der Waals surface area contributed by atoms with Gasteiger partial charge in [0.25, 0.3) is 0 Å². The molecule has 0 atom stereocenters. The number of aromatic nitrogens is 2. The maximum absolute atomic E-state index is 9.82. The van der Waals surface area contributed by atoms with E-state index in [4.69, 9.17) is 23.2 Å². The van der Waals surface area contributed by atoms with Gasteiger partial charge in [0.15, 0.2) is 0 Å². The van der Waals surface area contributed by atoms with Crippen LogP contribution in [0.15, 0.2) is 36.4 Å². The molecule has 0 aliphatic rings. The van der Waals surface area contributed by atoms with Gasteiger partial charge in [-0.25, -0.2) is 4.98 Å². The first-order valence-corrected chi connectivity index (χ1v) is 6.03. The number of phenolic OH excluding ortho intramolecular Hbond substituents is 1. The number of imidazole rings is 1. The largest absolute Gasteiger partial charge is 0.507 e. The molecule has 0 unspecified atom stereocenters. The fraction of sp³-hybridized carbons (Fsp3) is 0.0714. The molecule has 0 amide bonds. The molecule has 0 fully saturated rings. The van der Waals surface area contributed by atoms with Crippen LogP contribution in [0.3, 0.4) is 0 Å². The molecule has 2 aromatic carbocycles. The molecule has 0 aliphatic carbocycles. The lowest BCUT2D eigenvalue weighted by Gasteiger charge is -2.00. The predicted molar refractivity (Wildman–Crippen MR) is 79.9 cm³/mol. The first-order chi connectivity index (χ1) is 8.63. The van der Waals surface area contributed by atoms with Gasteiger partial charge in [0.2, 0.25) is 0 Å². The van der Waals surface area contributed by atoms with E-state index in [-0.39, 0.29) is 13.2 Å². The Morgan fingerprint density at radius 3 is 2.47 bits per heavy atom. The second kappa shape index (κ2) is 5.11. The Morgan fingerprint density at radius 1 is 1.00 bits per heavy atom. The standard InChI is InChI=1S/C13H8Cl2N2O.CH4/c14-7-2-4-12(18)9(5-7)13-16-10-3-1-8(15)6-11(10)17-13;/h1-6,18H,(H,16,17);1H4. The van der Waals surface area contributed by atoms with Crippen molar-refractivity contribution >= 4 is 34.2 Å². The van der Waals surface area contributed by atoms with Crippen LogP contribution in [0.4, 0.5) is 0 Å². The summed E-state index contributed by atoms with van der Waals surface area (Å²) in [7, 11) is 0. The average molecular weight is 295 g/mol. The van der Waals surface area contributed by atoms with Gasteiger partial charge in [0.05, 0.1) is 16.6 Å². The number of H-pyrrole nitrogens is 1. The number of nitrogens with one attached hydrogen (secondary N) is 1. The lowest BCUT2D eigenvalue weighted by molar-refractivity contribution is 0.477. The van der Waals surface area contributed by atoms with Crippen LogP contribution >= 0.6 is 23.2 Å². The van der Waals surface area contributed by atoms with E-state index in [0.29, 0.717) is 21.4 Å². The van der Waals surface area contributed by atoms with Gasteiger partial charge < -0.3 is 10.1 Å². The summed E-state index contributed by atoms with van der Waals surface area (Å²) >= 11 is 11.8. The van der Waals surface area contributed by atoms with Crippen LogP contribution in [-0.4, -0.2) is 15.1 Å². The summed E-state index contributed by atoms with van der Waals surface area (Å²) in [6.07, 6.45) is 0. The van der Waals surface area contributed by atoms with E-state index in [1.54, 1.807) is 24.3 Å². The van der Waals surface area contributed by atoms with Crippen molar-refractivity contribution in [2.24, 2.45) is 0 Å². The van der Waals surface area contributed by atoms with Crippen LogP contribution in [0.5, 0.6) is 5.75 Å². The number of aromatic hydroxyl groups is 1. The van der Waals surface area contributed by atoms with Gasteiger partial charge >= 0.3 is 0 Å². The maximum Gasteiger partial charge on any atom is 0.142 e. The fourth-order valence-corrected chi connectivity index (χ4v) is 2.15. The minimum Gasteiger partial charge on any atom is -0.507 e. The zero-order valence-electron chi connectivity index (χ0n) is 9.11. The molecule has 1 aromatic heterocycles. The second-order valence-corrected chi connectivity index (χ2v) is 4.78. The summed E-state index contributed by atoms with van der Waals surface area (Å²) in [5, 5.41) is 11.0. The minimum atomic E-state index is 0. The van der Waals surface area contributed by atoms with E-state index in [9.17, 15) is 5.11 Å². The van der Waals surface area contributed by atoms with Crippen molar-refractivity contribution in [2.45, 2.75) is 7.43 Å². The number of phenols is 1. The van der Waals surface area contributed by atoms with Gasteiger partial charge in [-0.3, -0.25) is 0 Å². The van der Waals surface area contributed by atoms with Crippen molar-refractivity contribution < 1.29 is 5.11 Å². The molecule has 0 spiro atoms. The summed E-state index contributed by atoms with van der Waals surface area (Å²) in [5.41, 5.74) is 2.17. The Hall–Kier alpha value is -1.71. The Labute approximate surface area is 120 Å². The van der Waals surface area contributed by atoms with Crippen LogP contribution in [-0.2, 0) is 0 Å². The van der Waals surface area contributed by atoms with Gasteiger partial charge in [-0.15, -0.1) is 0 Å². The molecule has 2 N–H and O–H groups in total. The lowest BCUT2D eigenvalue weighted by atomic mass is 10.2. The number of halogens is 2. The third kappa shape index (κ3) is 2.53. The van der Waals surface area contributed by atoms with Crippen molar-refractivity contribution in [1.29, 1.82) is 0 Å². The SMILES string of the molecule is C.Oc1ccc(Cl)cc1-c1nc2ccc(Cl)cc2[nH]1. The number of benzene rings is 2. The van der Waals surface area contributed by atoms with Gasteiger partial charge in [-0.2, -0.15) is 0 Å². The van der Waals surface area contributed by atoms with Crippen molar-refractivity contribution in [1.82, 2.24) is 9.97 Å². The molecule has 0 saturated heterocycles. The van der Waals surface area contributed by atoms with Crippen LogP contribution in [0, 0.1) is 0 Å². The van der Waals surface area contributed by atoms with Crippen LogP contribution in [0.1, 0.15) is 7.43 Å². The van der Waals surface area contributed by atoms with E-state index in [1.807, 2.05) is 6.07 Å². The third-order valence-corrected chi connectivity index (χ3v) is 3.13. The van der Waals surface area contributed by atoms with Crippen LogP contribution < -0.4 is 0 Å². The highest BCUT2D eigenvalue weighted by molar-refractivity contribution is 6.31. The molecule has 0 radical (unpaired) electrons. The Morgan fingerprint density at radius 2 is 1.68 bits per heavy atom. The summed E-state index contributed by atoms with van der Waals surface area (Å²) in [5.74, 6) is 0.691. The van der Waals surface area contributed by atoms with Crippen molar-refractivity contribution in [3.05, 3.63) is 46.4 Å². The smallest absolute Gasteiger partial charge is 0.142 e. The lowest BCUT2D eigenvalue weighted by Crippen LogP contribution is -1.81. The first kappa shape index (κ1) is 13.7. The van der Waals surface area contributed by atoms with Gasteiger partial charge in [0.1, 0.15) is 11.6 Å². The third-order valence-electron chi connectivity index (χ3n) is 2.66. The van der Waals surface area contributed by atoms with Gasteiger partial charge in [-0.05, 0) is 36.4 Å². The highest BCUT2D eigenvalue weighted by Gasteiger charge is 2.10. The highest BCUT2D eigenvalue weighted by atomic mass is 35.5. The molecule has 0 aliphatic heterocycles. The second-order valence-electron chi connectivity index (χ2n) is 3.91. The summed E-state index contributed by atoms with van der Waals surface area (Å²) in [6, 6.07) is 10.2. The molecule has 0 bridgehead atoms. The van der Waals surface area contributed by atoms with Crippen molar-refractivity contribution in [3.8, 4) is 17.1 Å². The van der Waals surface area contributed by atoms with Crippen LogP contribution in [0.2, 0.25) is 10.0 Å².